The maximum absolute atomic E-state index is 12.2. The molecule has 0 radical (unpaired) electrons. The zero-order chi connectivity index (χ0) is 11.1. The number of aliphatic hydroxyl groups excluding tert-OH is 1. The van der Waals surface area contributed by atoms with Crippen molar-refractivity contribution < 1.29 is 18.3 Å². The first kappa shape index (κ1) is 10.4. The minimum Gasteiger partial charge on any atom is -0.396 e. The molecular formula is C7H6F3N3OS. The molecule has 0 spiro atoms. The predicted molar refractivity (Wildman–Crippen MR) is 46.7 cm³/mol. The Morgan fingerprint density at radius 3 is 2.73 bits per heavy atom. The number of aromatic nitrogens is 3. The fourth-order valence-electron chi connectivity index (χ4n) is 1.09. The van der Waals surface area contributed by atoms with Crippen molar-refractivity contribution >= 4 is 16.3 Å². The smallest absolute Gasteiger partial charge is 0.396 e. The molecule has 0 bridgehead atoms. The summed E-state index contributed by atoms with van der Waals surface area (Å²) in [6, 6.07) is 0. The highest BCUT2D eigenvalue weighted by Crippen LogP contribution is 2.32. The molecular weight excluding hydrogens is 231 g/mol. The molecule has 0 atom stereocenters. The lowest BCUT2D eigenvalue weighted by Crippen LogP contribution is -2.04. The zero-order valence-electron chi connectivity index (χ0n) is 7.32. The average molecular weight is 237 g/mol. The van der Waals surface area contributed by atoms with Gasteiger partial charge in [0.2, 0.25) is 9.97 Å². The van der Waals surface area contributed by atoms with E-state index in [9.17, 15) is 13.2 Å². The van der Waals surface area contributed by atoms with Crippen LogP contribution in [-0.2, 0) is 12.6 Å². The van der Waals surface area contributed by atoms with Crippen LogP contribution >= 0.6 is 11.3 Å². The number of imidazole rings is 1. The highest BCUT2D eigenvalue weighted by Gasteiger charge is 2.35. The lowest BCUT2D eigenvalue weighted by molar-refractivity contribution is -0.138. The van der Waals surface area contributed by atoms with Crippen molar-refractivity contribution in [2.45, 2.75) is 12.6 Å². The van der Waals surface area contributed by atoms with E-state index in [1.807, 2.05) is 0 Å². The number of alkyl halides is 3. The molecule has 0 aliphatic heterocycles. The van der Waals surface area contributed by atoms with Crippen molar-refractivity contribution in [2.75, 3.05) is 6.61 Å². The Labute approximate surface area is 86.0 Å². The third kappa shape index (κ3) is 1.95. The van der Waals surface area contributed by atoms with Crippen LogP contribution < -0.4 is 0 Å². The summed E-state index contributed by atoms with van der Waals surface area (Å²) in [7, 11) is 0. The molecule has 0 aliphatic rings. The molecule has 2 heterocycles. The van der Waals surface area contributed by atoms with E-state index >= 15 is 0 Å². The summed E-state index contributed by atoms with van der Waals surface area (Å²) < 4.78 is 37.7. The van der Waals surface area contributed by atoms with Gasteiger partial charge in [-0.3, -0.25) is 0 Å². The minimum atomic E-state index is -4.43. The standard InChI is InChI=1S/C7H6F3N3OS/c8-7(9,10)5-12-13-3-4(1-2-14)11-6(13)15-5/h3,14H,1-2H2. The van der Waals surface area contributed by atoms with E-state index in [0.29, 0.717) is 23.5 Å². The summed E-state index contributed by atoms with van der Waals surface area (Å²) in [6.45, 7) is -0.0863. The number of halogens is 3. The van der Waals surface area contributed by atoms with Gasteiger partial charge in [0, 0.05) is 13.0 Å². The van der Waals surface area contributed by atoms with Gasteiger partial charge in [0.1, 0.15) is 0 Å². The van der Waals surface area contributed by atoms with Crippen molar-refractivity contribution in [2.24, 2.45) is 0 Å². The SMILES string of the molecule is OCCc1cn2nc(C(F)(F)F)sc2n1. The average Bonchev–Trinajstić information content (AvgIpc) is 2.59. The number of hydrogen-bond acceptors (Lipinski definition) is 4. The largest absolute Gasteiger partial charge is 0.445 e. The summed E-state index contributed by atoms with van der Waals surface area (Å²) >= 11 is 0.485. The van der Waals surface area contributed by atoms with Gasteiger partial charge in [-0.15, -0.1) is 5.10 Å². The van der Waals surface area contributed by atoms with Gasteiger partial charge in [0.25, 0.3) is 0 Å². The Morgan fingerprint density at radius 2 is 2.20 bits per heavy atom. The Hall–Kier alpha value is -1.15. The molecule has 1 N–H and O–H groups in total. The molecule has 8 heteroatoms. The molecule has 15 heavy (non-hydrogen) atoms. The second-order valence-electron chi connectivity index (χ2n) is 2.84. The van der Waals surface area contributed by atoms with Gasteiger partial charge in [-0.05, 0) is 0 Å². The lowest BCUT2D eigenvalue weighted by Gasteiger charge is -1.97. The van der Waals surface area contributed by atoms with Crippen LogP contribution in [0.3, 0.4) is 0 Å². The van der Waals surface area contributed by atoms with E-state index < -0.39 is 11.2 Å². The van der Waals surface area contributed by atoms with Crippen molar-refractivity contribution in [3.05, 3.63) is 16.9 Å². The van der Waals surface area contributed by atoms with E-state index in [1.165, 1.54) is 6.20 Å². The second kappa shape index (κ2) is 3.46. The molecule has 2 aromatic heterocycles. The highest BCUT2D eigenvalue weighted by atomic mass is 32.1. The molecule has 0 aliphatic carbocycles. The summed E-state index contributed by atoms with van der Waals surface area (Å²) in [5.74, 6) is 0. The molecule has 0 saturated carbocycles. The Balaban J connectivity index is 2.38. The van der Waals surface area contributed by atoms with Crippen LogP contribution in [0.25, 0.3) is 4.96 Å². The third-order valence-electron chi connectivity index (χ3n) is 1.70. The Bertz CT molecular complexity index is 444. The Morgan fingerprint density at radius 1 is 1.47 bits per heavy atom. The first-order chi connectivity index (χ1) is 7.00. The van der Waals surface area contributed by atoms with Crippen LogP contribution in [0.15, 0.2) is 6.20 Å². The maximum Gasteiger partial charge on any atom is 0.445 e. The van der Waals surface area contributed by atoms with Gasteiger partial charge in [0.15, 0.2) is 0 Å². The van der Waals surface area contributed by atoms with Crippen LogP contribution in [0.1, 0.15) is 10.7 Å². The summed E-state index contributed by atoms with van der Waals surface area (Å²) in [6.07, 6.45) is -2.72. The van der Waals surface area contributed by atoms with E-state index in [0.717, 1.165) is 4.52 Å². The molecule has 4 nitrogen and oxygen atoms in total. The van der Waals surface area contributed by atoms with Gasteiger partial charge in [-0.25, -0.2) is 9.50 Å². The van der Waals surface area contributed by atoms with Crippen LogP contribution in [0, 0.1) is 0 Å². The van der Waals surface area contributed by atoms with Crippen molar-refractivity contribution in [3.63, 3.8) is 0 Å². The van der Waals surface area contributed by atoms with Crippen molar-refractivity contribution in [3.8, 4) is 0 Å². The number of rotatable bonds is 2. The zero-order valence-corrected chi connectivity index (χ0v) is 8.14. The summed E-state index contributed by atoms with van der Waals surface area (Å²) in [5, 5.41) is 11.1. The third-order valence-corrected chi connectivity index (χ3v) is 2.67. The number of fused-ring (bicyclic) bond motifs is 1. The van der Waals surface area contributed by atoms with Crippen LogP contribution in [0.5, 0.6) is 0 Å². The van der Waals surface area contributed by atoms with E-state index in [2.05, 4.69) is 10.1 Å². The van der Waals surface area contributed by atoms with Crippen molar-refractivity contribution in [1.29, 1.82) is 0 Å². The normalized spacial score (nSPS) is 12.5. The maximum atomic E-state index is 12.2. The number of hydrogen-bond donors (Lipinski definition) is 1. The van der Waals surface area contributed by atoms with Crippen LogP contribution in [0.4, 0.5) is 13.2 Å². The van der Waals surface area contributed by atoms with E-state index in [4.69, 9.17) is 5.11 Å². The fraction of sp³-hybridized carbons (Fsp3) is 0.429. The van der Waals surface area contributed by atoms with Crippen molar-refractivity contribution in [1.82, 2.24) is 14.6 Å². The Kier molecular flexibility index (Phi) is 2.39. The molecule has 2 rings (SSSR count). The molecule has 0 unspecified atom stereocenters. The molecule has 0 aromatic carbocycles. The van der Waals surface area contributed by atoms with Gasteiger partial charge in [-0.1, -0.05) is 11.3 Å². The minimum absolute atomic E-state index is 0.0863. The predicted octanol–water partition coefficient (Wildman–Crippen LogP) is 1.34. The van der Waals surface area contributed by atoms with Crippen LogP contribution in [0.2, 0.25) is 0 Å². The van der Waals surface area contributed by atoms with E-state index in [1.54, 1.807) is 0 Å². The van der Waals surface area contributed by atoms with E-state index in [-0.39, 0.29) is 11.6 Å². The van der Waals surface area contributed by atoms with Gasteiger partial charge >= 0.3 is 6.18 Å². The summed E-state index contributed by atoms with van der Waals surface area (Å²) in [5.41, 5.74) is 0.532. The highest BCUT2D eigenvalue weighted by molar-refractivity contribution is 7.16. The topological polar surface area (TPSA) is 50.4 Å². The number of nitrogens with zero attached hydrogens (tertiary/aromatic N) is 3. The lowest BCUT2D eigenvalue weighted by atomic mass is 10.4. The molecule has 0 amide bonds. The fourth-order valence-corrected chi connectivity index (χ4v) is 1.86. The first-order valence-corrected chi connectivity index (χ1v) is 4.85. The second-order valence-corrected chi connectivity index (χ2v) is 3.79. The van der Waals surface area contributed by atoms with Gasteiger partial charge in [0.05, 0.1) is 11.9 Å². The van der Waals surface area contributed by atoms with Gasteiger partial charge < -0.3 is 5.11 Å². The quantitative estimate of drug-likeness (QED) is 0.857. The van der Waals surface area contributed by atoms with Crippen LogP contribution in [-0.4, -0.2) is 26.3 Å². The summed E-state index contributed by atoms with van der Waals surface area (Å²) in [4.78, 5) is 4.08. The molecule has 0 fully saturated rings. The molecule has 82 valence electrons. The monoisotopic (exact) mass is 237 g/mol. The van der Waals surface area contributed by atoms with Gasteiger partial charge in [-0.2, -0.15) is 13.2 Å². The molecule has 0 saturated heterocycles. The first-order valence-electron chi connectivity index (χ1n) is 4.04. The molecule has 2 aromatic rings. The number of aliphatic hydroxyl groups is 1.